The minimum Gasteiger partial charge on any atom is -0.478 e. The maximum atomic E-state index is 12.7. The molecule has 0 aliphatic carbocycles. The molecule has 0 atom stereocenters. The summed E-state index contributed by atoms with van der Waals surface area (Å²) in [5.41, 5.74) is 1.92. The molecule has 1 aromatic carbocycles. The van der Waals surface area contributed by atoms with Gasteiger partial charge in [-0.1, -0.05) is 25.1 Å². The van der Waals surface area contributed by atoms with E-state index in [1.54, 1.807) is 12.1 Å². The zero-order chi connectivity index (χ0) is 18.4. The van der Waals surface area contributed by atoms with E-state index in [2.05, 4.69) is 10.6 Å². The van der Waals surface area contributed by atoms with Crippen molar-refractivity contribution in [3.8, 4) is 0 Å². The molecule has 0 fully saturated rings. The molecule has 0 radical (unpaired) electrons. The number of benzene rings is 1. The molecule has 0 saturated carbocycles. The SMILES string of the molecule is CCc1c(C)sc(NC(=O)/C=C/C(=O)O)c1C(=O)Nc1ccccc1. The zero-order valence-corrected chi connectivity index (χ0v) is 14.6. The Labute approximate surface area is 149 Å². The monoisotopic (exact) mass is 358 g/mol. The van der Waals surface area contributed by atoms with E-state index in [4.69, 9.17) is 5.11 Å². The van der Waals surface area contributed by atoms with Crippen LogP contribution in [0.1, 0.15) is 27.7 Å². The molecule has 0 bridgehead atoms. The standard InChI is InChI=1S/C18H18N2O4S/c1-3-13-11(2)25-18(20-14(21)9-10-15(22)23)16(13)17(24)19-12-7-5-4-6-8-12/h4-10H,3H2,1-2H3,(H,19,24)(H,20,21)(H,22,23)/b10-9+. The van der Waals surface area contributed by atoms with Gasteiger partial charge in [0.05, 0.1) is 5.56 Å². The molecule has 0 unspecified atom stereocenters. The third-order valence-electron chi connectivity index (χ3n) is 3.44. The molecular formula is C18H18N2O4S. The molecule has 2 aromatic rings. The van der Waals surface area contributed by atoms with Crippen LogP contribution in [0.2, 0.25) is 0 Å². The second-order valence-corrected chi connectivity index (χ2v) is 6.40. The number of carboxylic acid groups (broad SMARTS) is 1. The lowest BCUT2D eigenvalue weighted by Gasteiger charge is -2.09. The Hall–Kier alpha value is -2.93. The van der Waals surface area contributed by atoms with Crippen LogP contribution in [0.15, 0.2) is 42.5 Å². The molecule has 25 heavy (non-hydrogen) atoms. The second-order valence-electron chi connectivity index (χ2n) is 5.18. The van der Waals surface area contributed by atoms with Gasteiger partial charge in [-0.25, -0.2) is 4.79 Å². The number of carbonyl (C=O) groups is 3. The predicted molar refractivity (Wildman–Crippen MR) is 98.2 cm³/mol. The Morgan fingerprint density at radius 3 is 2.40 bits per heavy atom. The average molecular weight is 358 g/mol. The number of amides is 2. The molecule has 2 rings (SSSR count). The second kappa shape index (κ2) is 8.25. The maximum Gasteiger partial charge on any atom is 0.328 e. The lowest BCUT2D eigenvalue weighted by Crippen LogP contribution is -2.17. The van der Waals surface area contributed by atoms with Gasteiger partial charge in [0.25, 0.3) is 5.91 Å². The number of carboxylic acids is 1. The van der Waals surface area contributed by atoms with E-state index in [9.17, 15) is 14.4 Å². The van der Waals surface area contributed by atoms with E-state index in [1.165, 1.54) is 11.3 Å². The van der Waals surface area contributed by atoms with E-state index in [0.717, 1.165) is 22.6 Å². The van der Waals surface area contributed by atoms with Crippen molar-refractivity contribution in [1.82, 2.24) is 0 Å². The summed E-state index contributed by atoms with van der Waals surface area (Å²) >= 11 is 1.29. The Bertz CT molecular complexity index is 825. The molecule has 2 amide bonds. The van der Waals surface area contributed by atoms with E-state index < -0.39 is 11.9 Å². The molecule has 130 valence electrons. The van der Waals surface area contributed by atoms with Gasteiger partial charge < -0.3 is 15.7 Å². The Balaban J connectivity index is 2.30. The fraction of sp³-hybridized carbons (Fsp3) is 0.167. The van der Waals surface area contributed by atoms with Crippen LogP contribution in [-0.4, -0.2) is 22.9 Å². The summed E-state index contributed by atoms with van der Waals surface area (Å²) in [4.78, 5) is 36.0. The van der Waals surface area contributed by atoms with Crippen molar-refractivity contribution in [3.05, 3.63) is 58.5 Å². The Morgan fingerprint density at radius 1 is 1.12 bits per heavy atom. The molecule has 0 saturated heterocycles. The molecule has 0 aliphatic heterocycles. The number of rotatable bonds is 6. The lowest BCUT2D eigenvalue weighted by molar-refractivity contribution is -0.131. The highest BCUT2D eigenvalue weighted by molar-refractivity contribution is 7.16. The highest BCUT2D eigenvalue weighted by atomic mass is 32.1. The van der Waals surface area contributed by atoms with Crippen molar-refractivity contribution in [1.29, 1.82) is 0 Å². The molecular weight excluding hydrogens is 340 g/mol. The van der Waals surface area contributed by atoms with Crippen molar-refractivity contribution in [3.63, 3.8) is 0 Å². The Kier molecular flexibility index (Phi) is 6.08. The number of nitrogens with one attached hydrogen (secondary N) is 2. The fourth-order valence-electron chi connectivity index (χ4n) is 2.35. The predicted octanol–water partition coefficient (Wildman–Crippen LogP) is 3.45. The fourth-order valence-corrected chi connectivity index (χ4v) is 3.49. The van der Waals surface area contributed by atoms with Gasteiger partial charge in [0, 0.05) is 22.7 Å². The minimum absolute atomic E-state index is 0.315. The summed E-state index contributed by atoms with van der Waals surface area (Å²) in [6.45, 7) is 3.82. The van der Waals surface area contributed by atoms with E-state index in [1.807, 2.05) is 32.0 Å². The van der Waals surface area contributed by atoms with Crippen molar-refractivity contribution < 1.29 is 19.5 Å². The number of hydrogen-bond donors (Lipinski definition) is 3. The molecule has 7 heteroatoms. The van der Waals surface area contributed by atoms with Crippen molar-refractivity contribution in [2.45, 2.75) is 20.3 Å². The van der Waals surface area contributed by atoms with Gasteiger partial charge in [-0.3, -0.25) is 9.59 Å². The van der Waals surface area contributed by atoms with E-state index >= 15 is 0 Å². The van der Waals surface area contributed by atoms with Crippen LogP contribution < -0.4 is 10.6 Å². The summed E-state index contributed by atoms with van der Waals surface area (Å²) in [5, 5.41) is 14.4. The van der Waals surface area contributed by atoms with Crippen LogP contribution in [-0.2, 0) is 16.0 Å². The summed E-state index contributed by atoms with van der Waals surface area (Å²) in [6, 6.07) is 9.03. The smallest absolute Gasteiger partial charge is 0.328 e. The number of aryl methyl sites for hydroxylation is 1. The molecule has 1 heterocycles. The van der Waals surface area contributed by atoms with Gasteiger partial charge in [0.2, 0.25) is 5.91 Å². The summed E-state index contributed by atoms with van der Waals surface area (Å²) in [5.74, 6) is -2.13. The van der Waals surface area contributed by atoms with Crippen LogP contribution in [0.5, 0.6) is 0 Å². The van der Waals surface area contributed by atoms with E-state index in [-0.39, 0.29) is 5.91 Å². The van der Waals surface area contributed by atoms with Gasteiger partial charge in [-0.15, -0.1) is 11.3 Å². The highest BCUT2D eigenvalue weighted by Gasteiger charge is 2.22. The van der Waals surface area contributed by atoms with Crippen LogP contribution in [0.4, 0.5) is 10.7 Å². The van der Waals surface area contributed by atoms with Crippen LogP contribution >= 0.6 is 11.3 Å². The first-order valence-electron chi connectivity index (χ1n) is 7.63. The summed E-state index contributed by atoms with van der Waals surface area (Å²) < 4.78 is 0. The van der Waals surface area contributed by atoms with Crippen molar-refractivity contribution in [2.75, 3.05) is 10.6 Å². The third kappa shape index (κ3) is 4.77. The summed E-state index contributed by atoms with van der Waals surface area (Å²) in [7, 11) is 0. The minimum atomic E-state index is -1.21. The number of anilines is 2. The van der Waals surface area contributed by atoms with Crippen LogP contribution in [0.3, 0.4) is 0 Å². The number of carbonyl (C=O) groups excluding carboxylic acids is 2. The molecule has 6 nitrogen and oxygen atoms in total. The van der Waals surface area contributed by atoms with Crippen molar-refractivity contribution in [2.24, 2.45) is 0 Å². The normalized spacial score (nSPS) is 10.6. The first-order chi connectivity index (χ1) is 11.9. The molecule has 3 N–H and O–H groups in total. The largest absolute Gasteiger partial charge is 0.478 e. The third-order valence-corrected chi connectivity index (χ3v) is 4.50. The van der Waals surface area contributed by atoms with Crippen LogP contribution in [0.25, 0.3) is 0 Å². The highest BCUT2D eigenvalue weighted by Crippen LogP contribution is 2.34. The van der Waals surface area contributed by atoms with Gasteiger partial charge in [-0.05, 0) is 31.0 Å². The van der Waals surface area contributed by atoms with Gasteiger partial charge in [0.1, 0.15) is 5.00 Å². The van der Waals surface area contributed by atoms with Crippen molar-refractivity contribution >= 4 is 39.8 Å². The average Bonchev–Trinajstić information content (AvgIpc) is 2.89. The van der Waals surface area contributed by atoms with Gasteiger partial charge in [0.15, 0.2) is 0 Å². The molecule has 0 spiro atoms. The first-order valence-corrected chi connectivity index (χ1v) is 8.44. The number of hydrogen-bond acceptors (Lipinski definition) is 4. The number of thiophene rings is 1. The molecule has 1 aromatic heterocycles. The van der Waals surface area contributed by atoms with Gasteiger partial charge >= 0.3 is 5.97 Å². The van der Waals surface area contributed by atoms with E-state index in [0.29, 0.717) is 22.7 Å². The Morgan fingerprint density at radius 2 is 1.80 bits per heavy atom. The zero-order valence-electron chi connectivity index (χ0n) is 13.8. The number of aliphatic carboxylic acids is 1. The summed E-state index contributed by atoms with van der Waals surface area (Å²) in [6.07, 6.45) is 2.31. The first kappa shape index (κ1) is 18.4. The molecule has 0 aliphatic rings. The topological polar surface area (TPSA) is 95.5 Å². The number of para-hydroxylation sites is 1. The maximum absolute atomic E-state index is 12.7. The van der Waals surface area contributed by atoms with Crippen LogP contribution in [0, 0.1) is 6.92 Å². The quantitative estimate of drug-likeness (QED) is 0.689. The lowest BCUT2D eigenvalue weighted by atomic mass is 10.1. The van der Waals surface area contributed by atoms with Gasteiger partial charge in [-0.2, -0.15) is 0 Å².